The molecule has 3 aromatic rings. The van der Waals surface area contributed by atoms with Crippen LogP contribution >= 0.6 is 11.8 Å². The molecule has 26 heavy (non-hydrogen) atoms. The van der Waals surface area contributed by atoms with Crippen LogP contribution < -0.4 is 5.48 Å². The van der Waals surface area contributed by atoms with E-state index in [1.807, 2.05) is 54.6 Å². The Bertz CT molecular complexity index is 852. The first-order chi connectivity index (χ1) is 12.8. The van der Waals surface area contributed by atoms with Crippen molar-refractivity contribution in [1.29, 1.82) is 0 Å². The number of para-hydroxylation sites is 2. The highest BCUT2D eigenvalue weighted by Gasteiger charge is 2.12. The van der Waals surface area contributed by atoms with Gasteiger partial charge in [-0.15, -0.1) is 0 Å². The lowest BCUT2D eigenvalue weighted by atomic mass is 10.2. The number of aromatic nitrogens is 2. The molecule has 0 atom stereocenters. The van der Waals surface area contributed by atoms with Crippen LogP contribution in [0.15, 0.2) is 59.8 Å². The first-order valence-electron chi connectivity index (χ1n) is 8.29. The van der Waals surface area contributed by atoms with Crippen molar-refractivity contribution >= 4 is 28.7 Å². The van der Waals surface area contributed by atoms with Gasteiger partial charge < -0.3 is 9.30 Å². The van der Waals surface area contributed by atoms with Gasteiger partial charge in [-0.3, -0.25) is 9.63 Å². The van der Waals surface area contributed by atoms with Crippen molar-refractivity contribution in [2.75, 3.05) is 19.5 Å². The number of hydrogen-bond acceptors (Lipinski definition) is 5. The van der Waals surface area contributed by atoms with E-state index in [-0.39, 0.29) is 11.7 Å². The highest BCUT2D eigenvalue weighted by molar-refractivity contribution is 7.99. The van der Waals surface area contributed by atoms with Gasteiger partial charge in [0, 0.05) is 13.7 Å². The van der Waals surface area contributed by atoms with Gasteiger partial charge in [-0.2, -0.15) is 0 Å². The molecule has 7 heteroatoms. The second-order valence-corrected chi connectivity index (χ2v) is 6.56. The number of fused-ring (bicyclic) bond motifs is 1. The van der Waals surface area contributed by atoms with Crippen LogP contribution in [0.25, 0.3) is 11.0 Å². The number of nitrogens with zero attached hydrogens (tertiary/aromatic N) is 2. The maximum atomic E-state index is 12.0. The average molecular weight is 371 g/mol. The predicted octanol–water partition coefficient (Wildman–Crippen LogP) is 3.02. The Morgan fingerprint density at radius 2 is 1.92 bits per heavy atom. The number of carbonyl (C=O) groups excluding carboxylic acids is 1. The van der Waals surface area contributed by atoms with Gasteiger partial charge in [-0.05, 0) is 17.7 Å². The summed E-state index contributed by atoms with van der Waals surface area (Å²) in [6, 6.07) is 17.6. The lowest BCUT2D eigenvalue weighted by Gasteiger charge is -2.09. The molecule has 136 valence electrons. The Morgan fingerprint density at radius 3 is 2.73 bits per heavy atom. The van der Waals surface area contributed by atoms with E-state index >= 15 is 0 Å². The van der Waals surface area contributed by atoms with E-state index in [9.17, 15) is 4.79 Å². The summed E-state index contributed by atoms with van der Waals surface area (Å²) in [5.41, 5.74) is 5.42. The van der Waals surface area contributed by atoms with Crippen molar-refractivity contribution in [1.82, 2.24) is 15.0 Å². The van der Waals surface area contributed by atoms with Gasteiger partial charge >= 0.3 is 0 Å². The molecule has 1 aromatic heterocycles. The molecule has 0 radical (unpaired) electrons. The van der Waals surface area contributed by atoms with E-state index in [1.165, 1.54) is 11.8 Å². The quantitative estimate of drug-likeness (QED) is 0.463. The minimum atomic E-state index is -0.198. The molecule has 0 saturated carbocycles. The van der Waals surface area contributed by atoms with Gasteiger partial charge in [0.2, 0.25) is 0 Å². The second kappa shape index (κ2) is 9.38. The molecule has 1 heterocycles. The minimum absolute atomic E-state index is 0.198. The summed E-state index contributed by atoms with van der Waals surface area (Å²) in [5, 5.41) is 0.793. The van der Waals surface area contributed by atoms with Gasteiger partial charge in [0.25, 0.3) is 5.91 Å². The molecular weight excluding hydrogens is 350 g/mol. The minimum Gasteiger partial charge on any atom is -0.383 e. The maximum Gasteiger partial charge on any atom is 0.254 e. The molecule has 0 aliphatic heterocycles. The SMILES string of the molecule is COCCn1c(SCC(=O)NOCc2ccccc2)nc2ccccc21. The van der Waals surface area contributed by atoms with E-state index in [1.54, 1.807) is 7.11 Å². The number of nitrogens with one attached hydrogen (secondary N) is 1. The number of ether oxygens (including phenoxy) is 1. The average Bonchev–Trinajstić information content (AvgIpc) is 3.03. The molecule has 1 amide bonds. The van der Waals surface area contributed by atoms with Crippen LogP contribution in [0.4, 0.5) is 0 Å². The third-order valence-corrected chi connectivity index (χ3v) is 4.71. The second-order valence-electron chi connectivity index (χ2n) is 5.62. The fourth-order valence-electron chi connectivity index (χ4n) is 2.50. The highest BCUT2D eigenvalue weighted by Crippen LogP contribution is 2.23. The molecule has 0 bridgehead atoms. The van der Waals surface area contributed by atoms with Gasteiger partial charge in [-0.25, -0.2) is 10.5 Å². The summed E-state index contributed by atoms with van der Waals surface area (Å²) in [5.74, 6) is 0.0294. The molecule has 0 unspecified atom stereocenters. The van der Waals surface area contributed by atoms with Gasteiger partial charge in [0.15, 0.2) is 5.16 Å². The van der Waals surface area contributed by atoms with E-state index in [2.05, 4.69) is 15.0 Å². The summed E-state index contributed by atoms with van der Waals surface area (Å²) in [7, 11) is 1.67. The third-order valence-electron chi connectivity index (χ3n) is 3.74. The van der Waals surface area contributed by atoms with Crippen molar-refractivity contribution in [3.05, 3.63) is 60.2 Å². The van der Waals surface area contributed by atoms with Gasteiger partial charge in [0.05, 0.1) is 30.0 Å². The normalized spacial score (nSPS) is 11.0. The van der Waals surface area contributed by atoms with E-state index < -0.39 is 0 Å². The molecule has 0 fully saturated rings. The summed E-state index contributed by atoms with van der Waals surface area (Å²) >= 11 is 1.38. The van der Waals surface area contributed by atoms with E-state index in [4.69, 9.17) is 9.57 Å². The molecule has 6 nitrogen and oxygen atoms in total. The maximum absolute atomic E-state index is 12.0. The monoisotopic (exact) mass is 371 g/mol. The lowest BCUT2D eigenvalue weighted by Crippen LogP contribution is -2.25. The molecule has 0 aliphatic carbocycles. The predicted molar refractivity (Wildman–Crippen MR) is 102 cm³/mol. The molecule has 0 saturated heterocycles. The molecule has 0 spiro atoms. The lowest BCUT2D eigenvalue weighted by molar-refractivity contribution is -0.131. The smallest absolute Gasteiger partial charge is 0.254 e. The van der Waals surface area contributed by atoms with Crippen molar-refractivity contribution in [3.63, 3.8) is 0 Å². The summed E-state index contributed by atoms with van der Waals surface area (Å²) in [6.45, 7) is 1.61. The fourth-order valence-corrected chi connectivity index (χ4v) is 3.32. The zero-order chi connectivity index (χ0) is 18.2. The topological polar surface area (TPSA) is 65.4 Å². The molecule has 3 rings (SSSR count). The van der Waals surface area contributed by atoms with Crippen molar-refractivity contribution in [2.24, 2.45) is 0 Å². The molecule has 1 N–H and O–H groups in total. The van der Waals surface area contributed by atoms with E-state index in [0.29, 0.717) is 19.8 Å². The van der Waals surface area contributed by atoms with Crippen LogP contribution in [-0.4, -0.2) is 34.9 Å². The highest BCUT2D eigenvalue weighted by atomic mass is 32.2. The molecule has 2 aromatic carbocycles. The molecule has 0 aliphatic rings. The Kier molecular flexibility index (Phi) is 6.65. The summed E-state index contributed by atoms with van der Waals surface area (Å²) in [4.78, 5) is 21.9. The third kappa shape index (κ3) is 4.85. The number of thioether (sulfide) groups is 1. The Hall–Kier alpha value is -2.35. The van der Waals surface area contributed by atoms with Crippen LogP contribution in [-0.2, 0) is 27.5 Å². The number of imidazole rings is 1. The number of methoxy groups -OCH3 is 1. The van der Waals surface area contributed by atoms with Crippen LogP contribution in [0.1, 0.15) is 5.56 Å². The Balaban J connectivity index is 1.55. The number of hydroxylamine groups is 1. The van der Waals surface area contributed by atoms with Crippen LogP contribution in [0.5, 0.6) is 0 Å². The summed E-state index contributed by atoms with van der Waals surface area (Å²) < 4.78 is 7.25. The first kappa shape index (κ1) is 18.4. The van der Waals surface area contributed by atoms with Crippen LogP contribution in [0.3, 0.4) is 0 Å². The largest absolute Gasteiger partial charge is 0.383 e. The van der Waals surface area contributed by atoms with Crippen molar-refractivity contribution < 1.29 is 14.4 Å². The first-order valence-corrected chi connectivity index (χ1v) is 9.28. The number of amides is 1. The van der Waals surface area contributed by atoms with Crippen molar-refractivity contribution in [2.45, 2.75) is 18.3 Å². The number of rotatable bonds is 9. The van der Waals surface area contributed by atoms with Crippen molar-refractivity contribution in [3.8, 4) is 0 Å². The Labute approximate surface area is 156 Å². The number of benzene rings is 2. The van der Waals surface area contributed by atoms with Gasteiger partial charge in [-0.1, -0.05) is 54.2 Å². The standard InChI is InChI=1S/C19H21N3O3S/c1-24-12-11-22-17-10-6-5-9-16(17)20-19(22)26-14-18(23)21-25-13-15-7-3-2-4-8-15/h2-10H,11-14H2,1H3,(H,21,23). The van der Waals surface area contributed by atoms with Crippen LogP contribution in [0, 0.1) is 0 Å². The summed E-state index contributed by atoms with van der Waals surface area (Å²) in [6.07, 6.45) is 0. The number of carbonyl (C=O) groups is 1. The zero-order valence-electron chi connectivity index (χ0n) is 14.6. The van der Waals surface area contributed by atoms with Gasteiger partial charge in [0.1, 0.15) is 0 Å². The fraction of sp³-hybridized carbons (Fsp3) is 0.263. The Morgan fingerprint density at radius 1 is 1.15 bits per heavy atom. The van der Waals surface area contributed by atoms with E-state index in [0.717, 1.165) is 21.8 Å². The molecular formula is C19H21N3O3S. The number of hydrogen-bond donors (Lipinski definition) is 1. The van der Waals surface area contributed by atoms with Crippen LogP contribution in [0.2, 0.25) is 0 Å². The zero-order valence-corrected chi connectivity index (χ0v) is 15.4.